The minimum absolute atomic E-state index is 0.202. The molecule has 2 rings (SSSR count). The predicted octanol–water partition coefficient (Wildman–Crippen LogP) is 2.59. The summed E-state index contributed by atoms with van der Waals surface area (Å²) in [5.41, 5.74) is 6.92. The lowest BCUT2D eigenvalue weighted by Gasteiger charge is -2.23. The molecule has 3 N–H and O–H groups in total. The molecule has 0 bridgehead atoms. The topological polar surface area (TPSA) is 79.7 Å². The highest BCUT2D eigenvalue weighted by atomic mass is 16.4. The summed E-state index contributed by atoms with van der Waals surface area (Å²) in [6.45, 7) is 3.16. The largest absolute Gasteiger partial charge is 0.478 e. The highest BCUT2D eigenvalue weighted by molar-refractivity contribution is 5.95. The van der Waals surface area contributed by atoms with Crippen LogP contribution >= 0.6 is 0 Å². The Labute approximate surface area is 111 Å². The zero-order valence-electron chi connectivity index (χ0n) is 10.7. The van der Waals surface area contributed by atoms with E-state index in [-0.39, 0.29) is 5.56 Å². The molecule has 5 heteroatoms. The van der Waals surface area contributed by atoms with Gasteiger partial charge in [0, 0.05) is 12.2 Å². The monoisotopic (exact) mass is 260 g/mol. The van der Waals surface area contributed by atoms with Crippen LogP contribution in [0.2, 0.25) is 0 Å². The smallest absolute Gasteiger partial charge is 0.337 e. The standard InChI is InChI=1S/C14H16N2O3/c1-2-16(9-11-4-3-7-19-11)13-6-5-10(15)8-12(13)14(17)18/h3-8H,2,9,15H2,1H3,(H,17,18). The Bertz CT molecular complexity index is 564. The summed E-state index contributed by atoms with van der Waals surface area (Å²) in [6, 6.07) is 8.57. The predicted molar refractivity (Wildman–Crippen MR) is 73.2 cm³/mol. The maximum absolute atomic E-state index is 11.3. The number of carboxylic acids is 1. The van der Waals surface area contributed by atoms with Crippen molar-refractivity contribution in [1.29, 1.82) is 0 Å². The third-order valence-corrected chi connectivity index (χ3v) is 2.90. The molecule has 19 heavy (non-hydrogen) atoms. The van der Waals surface area contributed by atoms with Crippen LogP contribution < -0.4 is 10.6 Å². The number of carbonyl (C=O) groups is 1. The summed E-state index contributed by atoms with van der Waals surface area (Å²) in [5.74, 6) is -0.199. The summed E-state index contributed by atoms with van der Waals surface area (Å²) in [6.07, 6.45) is 1.60. The molecule has 0 fully saturated rings. The molecular formula is C14H16N2O3. The van der Waals surface area contributed by atoms with Crippen LogP contribution in [0.1, 0.15) is 23.0 Å². The van der Waals surface area contributed by atoms with Crippen molar-refractivity contribution < 1.29 is 14.3 Å². The number of hydrogen-bond acceptors (Lipinski definition) is 4. The van der Waals surface area contributed by atoms with Crippen molar-refractivity contribution in [3.8, 4) is 0 Å². The maximum atomic E-state index is 11.3. The molecule has 100 valence electrons. The van der Waals surface area contributed by atoms with Gasteiger partial charge >= 0.3 is 5.97 Å². The highest BCUT2D eigenvalue weighted by Gasteiger charge is 2.16. The molecule has 0 saturated heterocycles. The van der Waals surface area contributed by atoms with Crippen molar-refractivity contribution >= 4 is 17.3 Å². The Morgan fingerprint density at radius 3 is 2.79 bits per heavy atom. The minimum atomic E-state index is -0.986. The summed E-state index contributed by atoms with van der Waals surface area (Å²) < 4.78 is 5.30. The summed E-state index contributed by atoms with van der Waals surface area (Å²) in [4.78, 5) is 13.2. The van der Waals surface area contributed by atoms with E-state index in [9.17, 15) is 9.90 Å². The number of anilines is 2. The Kier molecular flexibility index (Phi) is 3.75. The van der Waals surface area contributed by atoms with Crippen molar-refractivity contribution in [2.24, 2.45) is 0 Å². The van der Waals surface area contributed by atoms with Gasteiger partial charge in [-0.3, -0.25) is 0 Å². The van der Waals surface area contributed by atoms with E-state index in [1.165, 1.54) is 6.07 Å². The van der Waals surface area contributed by atoms with Gasteiger partial charge in [-0.25, -0.2) is 4.79 Å². The second kappa shape index (κ2) is 5.48. The normalized spacial score (nSPS) is 10.4. The van der Waals surface area contributed by atoms with E-state index in [4.69, 9.17) is 10.2 Å². The van der Waals surface area contributed by atoms with Crippen LogP contribution in [0.5, 0.6) is 0 Å². The summed E-state index contributed by atoms with van der Waals surface area (Å²) >= 11 is 0. The average Bonchev–Trinajstić information content (AvgIpc) is 2.89. The quantitative estimate of drug-likeness (QED) is 0.808. The number of hydrogen-bond donors (Lipinski definition) is 2. The van der Waals surface area contributed by atoms with Gasteiger partial charge in [-0.2, -0.15) is 0 Å². The molecule has 2 aromatic rings. The minimum Gasteiger partial charge on any atom is -0.478 e. The second-order valence-electron chi connectivity index (χ2n) is 4.18. The van der Waals surface area contributed by atoms with Gasteiger partial charge in [0.15, 0.2) is 0 Å². The van der Waals surface area contributed by atoms with E-state index in [1.807, 2.05) is 24.0 Å². The molecule has 5 nitrogen and oxygen atoms in total. The third-order valence-electron chi connectivity index (χ3n) is 2.90. The maximum Gasteiger partial charge on any atom is 0.337 e. The van der Waals surface area contributed by atoms with Gasteiger partial charge in [-0.15, -0.1) is 0 Å². The molecule has 0 spiro atoms. The molecule has 0 aliphatic heterocycles. The fourth-order valence-electron chi connectivity index (χ4n) is 1.96. The zero-order valence-corrected chi connectivity index (χ0v) is 10.7. The zero-order chi connectivity index (χ0) is 13.8. The molecule has 1 aromatic carbocycles. The summed E-state index contributed by atoms with van der Waals surface area (Å²) in [7, 11) is 0. The second-order valence-corrected chi connectivity index (χ2v) is 4.18. The molecule has 1 heterocycles. The van der Waals surface area contributed by atoms with Crippen LogP contribution in [0.15, 0.2) is 41.0 Å². The number of nitrogens with two attached hydrogens (primary N) is 1. The number of benzene rings is 1. The number of carboxylic acid groups (broad SMARTS) is 1. The van der Waals surface area contributed by atoms with Crippen LogP contribution in [0.3, 0.4) is 0 Å². The first-order valence-electron chi connectivity index (χ1n) is 6.02. The Morgan fingerprint density at radius 1 is 1.42 bits per heavy atom. The molecule has 0 unspecified atom stereocenters. The highest BCUT2D eigenvalue weighted by Crippen LogP contribution is 2.25. The van der Waals surface area contributed by atoms with E-state index in [1.54, 1.807) is 18.4 Å². The van der Waals surface area contributed by atoms with Crippen LogP contribution in [0.4, 0.5) is 11.4 Å². The van der Waals surface area contributed by atoms with Gasteiger partial charge in [0.1, 0.15) is 5.76 Å². The first-order valence-corrected chi connectivity index (χ1v) is 6.02. The van der Waals surface area contributed by atoms with Gasteiger partial charge in [-0.1, -0.05) is 0 Å². The van der Waals surface area contributed by atoms with Crippen LogP contribution in [-0.4, -0.2) is 17.6 Å². The van der Waals surface area contributed by atoms with Gasteiger partial charge in [0.25, 0.3) is 0 Å². The van der Waals surface area contributed by atoms with E-state index in [0.717, 1.165) is 5.76 Å². The molecule has 0 atom stereocenters. The molecule has 1 aromatic heterocycles. The fraction of sp³-hybridized carbons (Fsp3) is 0.214. The van der Waals surface area contributed by atoms with Crippen LogP contribution in [0.25, 0.3) is 0 Å². The number of nitrogen functional groups attached to an aromatic ring is 1. The van der Waals surface area contributed by atoms with Crippen molar-refractivity contribution in [3.63, 3.8) is 0 Å². The van der Waals surface area contributed by atoms with Crippen molar-refractivity contribution in [2.75, 3.05) is 17.2 Å². The van der Waals surface area contributed by atoms with Gasteiger partial charge in [-0.05, 0) is 37.3 Å². The van der Waals surface area contributed by atoms with E-state index < -0.39 is 5.97 Å². The lowest BCUT2D eigenvalue weighted by Crippen LogP contribution is -2.24. The lowest BCUT2D eigenvalue weighted by molar-refractivity contribution is 0.0697. The van der Waals surface area contributed by atoms with E-state index in [0.29, 0.717) is 24.5 Å². The summed E-state index contributed by atoms with van der Waals surface area (Å²) in [5, 5.41) is 9.25. The van der Waals surface area contributed by atoms with Gasteiger partial charge in [0.2, 0.25) is 0 Å². The number of aromatic carboxylic acids is 1. The molecule has 0 amide bonds. The molecular weight excluding hydrogens is 244 g/mol. The lowest BCUT2D eigenvalue weighted by atomic mass is 10.1. The molecule has 0 aliphatic rings. The first-order chi connectivity index (χ1) is 9.11. The molecule has 0 radical (unpaired) electrons. The Balaban J connectivity index is 2.35. The van der Waals surface area contributed by atoms with Crippen molar-refractivity contribution in [3.05, 3.63) is 47.9 Å². The van der Waals surface area contributed by atoms with Crippen LogP contribution in [-0.2, 0) is 6.54 Å². The van der Waals surface area contributed by atoms with Gasteiger partial charge < -0.3 is 20.2 Å². The number of nitrogens with zero attached hydrogens (tertiary/aromatic N) is 1. The number of furan rings is 1. The molecule has 0 aliphatic carbocycles. The first kappa shape index (κ1) is 13.0. The van der Waals surface area contributed by atoms with Crippen molar-refractivity contribution in [1.82, 2.24) is 0 Å². The van der Waals surface area contributed by atoms with E-state index in [2.05, 4.69) is 0 Å². The van der Waals surface area contributed by atoms with E-state index >= 15 is 0 Å². The average molecular weight is 260 g/mol. The van der Waals surface area contributed by atoms with Crippen molar-refractivity contribution in [2.45, 2.75) is 13.5 Å². The van der Waals surface area contributed by atoms with Gasteiger partial charge in [0.05, 0.1) is 24.1 Å². The third kappa shape index (κ3) is 2.88. The SMILES string of the molecule is CCN(Cc1ccco1)c1ccc(N)cc1C(=O)O. The Morgan fingerprint density at radius 2 is 2.21 bits per heavy atom. The molecule has 0 saturated carbocycles. The fourth-order valence-corrected chi connectivity index (χ4v) is 1.96. The van der Waals surface area contributed by atoms with Crippen LogP contribution in [0, 0.1) is 0 Å². The number of rotatable bonds is 5. The Hall–Kier alpha value is -2.43.